The number of carboxylic acid groups (broad SMARTS) is 1. The lowest BCUT2D eigenvalue weighted by Crippen LogP contribution is -2.44. The number of anilines is 1. The normalized spacial score (nSPS) is 20.0. The lowest BCUT2D eigenvalue weighted by atomic mass is 9.88. The molecule has 2 fully saturated rings. The van der Waals surface area contributed by atoms with E-state index in [2.05, 4.69) is 20.4 Å². The fraction of sp³-hybridized carbons (Fsp3) is 0.531. The van der Waals surface area contributed by atoms with Gasteiger partial charge in [-0.2, -0.15) is 21.6 Å². The number of likely N-dealkylation sites (tertiary alicyclic amines) is 1. The van der Waals surface area contributed by atoms with E-state index < -0.39 is 38.6 Å². The number of pyridine rings is 2. The van der Waals surface area contributed by atoms with E-state index >= 15 is 0 Å². The van der Waals surface area contributed by atoms with E-state index in [-0.39, 0.29) is 65.6 Å². The molecule has 0 bridgehead atoms. The molecule has 0 radical (unpaired) electrons. The number of hydrogen-bond acceptors (Lipinski definition) is 9. The third kappa shape index (κ3) is 8.42. The zero-order valence-electron chi connectivity index (χ0n) is 27.5. The molecule has 1 aliphatic heterocycles. The van der Waals surface area contributed by atoms with Crippen molar-refractivity contribution >= 4 is 39.4 Å². The molecule has 1 saturated heterocycles. The van der Waals surface area contributed by atoms with Gasteiger partial charge in [0.2, 0.25) is 5.88 Å². The van der Waals surface area contributed by atoms with Gasteiger partial charge in [-0.3, -0.25) is 4.79 Å². The number of rotatable bonds is 15. The van der Waals surface area contributed by atoms with Crippen molar-refractivity contribution in [2.24, 2.45) is 11.3 Å². The summed E-state index contributed by atoms with van der Waals surface area (Å²) in [5.41, 5.74) is -2.30. The maximum absolute atomic E-state index is 13.1. The van der Waals surface area contributed by atoms with Crippen LogP contribution in [-0.4, -0.2) is 81.6 Å². The van der Waals surface area contributed by atoms with Crippen molar-refractivity contribution < 1.29 is 41.0 Å². The minimum Gasteiger partial charge on any atom is -0.477 e. The number of hydrogen-bond donors (Lipinski definition) is 3. The van der Waals surface area contributed by atoms with Crippen molar-refractivity contribution in [1.29, 1.82) is 0 Å². The predicted octanol–water partition coefficient (Wildman–Crippen LogP) is 6.30. The van der Waals surface area contributed by atoms with Crippen LogP contribution in [0.15, 0.2) is 47.6 Å². The average molecular weight is 742 g/mol. The largest absolute Gasteiger partial charge is 0.477 e. The van der Waals surface area contributed by atoms with Crippen LogP contribution in [0.25, 0.3) is 5.82 Å². The van der Waals surface area contributed by atoms with E-state index in [9.17, 15) is 36.3 Å². The molecule has 13 nitrogen and oxygen atoms in total. The Bertz CT molecular complexity index is 1820. The van der Waals surface area contributed by atoms with Gasteiger partial charge >= 0.3 is 12.3 Å². The molecule has 1 saturated carbocycles. The summed E-state index contributed by atoms with van der Waals surface area (Å²) in [6.45, 7) is 4.83. The molecule has 5 rings (SSSR count). The van der Waals surface area contributed by atoms with Gasteiger partial charge in [-0.25, -0.2) is 24.2 Å². The highest BCUT2D eigenvalue weighted by Crippen LogP contribution is 2.59. The fourth-order valence-corrected chi connectivity index (χ4v) is 7.63. The number of carbonyl (C=O) groups excluding carboxylic acids is 1. The highest BCUT2D eigenvalue weighted by atomic mass is 35.5. The van der Waals surface area contributed by atoms with Crippen LogP contribution in [0.5, 0.6) is 5.88 Å². The Kier molecular flexibility index (Phi) is 10.9. The van der Waals surface area contributed by atoms with E-state index in [0.29, 0.717) is 19.5 Å². The first kappa shape index (κ1) is 37.1. The summed E-state index contributed by atoms with van der Waals surface area (Å²) in [6, 6.07) is 8.39. The second-order valence-electron chi connectivity index (χ2n) is 13.1. The third-order valence-electron chi connectivity index (χ3n) is 9.32. The molecule has 2 aliphatic rings. The summed E-state index contributed by atoms with van der Waals surface area (Å²) in [7, 11) is -4.41. The number of amides is 2. The molecule has 18 heteroatoms. The molecule has 272 valence electrons. The summed E-state index contributed by atoms with van der Waals surface area (Å²) in [5, 5.41) is 16.2. The summed E-state index contributed by atoms with van der Waals surface area (Å²) in [4.78, 5) is 34.5. The van der Waals surface area contributed by atoms with Crippen LogP contribution in [0.1, 0.15) is 75.6 Å². The van der Waals surface area contributed by atoms with E-state index in [1.54, 1.807) is 11.0 Å². The summed E-state index contributed by atoms with van der Waals surface area (Å²) >= 11 is 6.23. The van der Waals surface area contributed by atoms with Gasteiger partial charge in [-0.15, -0.1) is 5.10 Å². The SMILES string of the molecule is CCCC1(C)CC(CCCNc2cccc(S(=O)(=O)NC(=O)c3ccc(-n4ccc(OCCC5(C(F)(F)F)CC5)n4)nc3Cl)n2)CN1C(=O)O. The van der Waals surface area contributed by atoms with Gasteiger partial charge < -0.3 is 20.1 Å². The number of sulfonamides is 1. The highest BCUT2D eigenvalue weighted by Gasteiger charge is 2.62. The van der Waals surface area contributed by atoms with Crippen molar-refractivity contribution in [2.75, 3.05) is 25.0 Å². The number of halogens is 4. The number of ether oxygens (including phenoxy) is 1. The maximum atomic E-state index is 13.1. The Morgan fingerprint density at radius 3 is 2.56 bits per heavy atom. The monoisotopic (exact) mass is 741 g/mol. The summed E-state index contributed by atoms with van der Waals surface area (Å²) in [6.07, 6.45) is 0.243. The Labute approximate surface area is 292 Å². The zero-order chi connectivity index (χ0) is 36.3. The van der Waals surface area contributed by atoms with Crippen LogP contribution in [0.2, 0.25) is 5.15 Å². The van der Waals surface area contributed by atoms with Crippen LogP contribution in [-0.2, 0) is 10.0 Å². The maximum Gasteiger partial charge on any atom is 0.407 e. The van der Waals surface area contributed by atoms with Crippen LogP contribution < -0.4 is 14.8 Å². The first-order valence-corrected chi connectivity index (χ1v) is 18.1. The van der Waals surface area contributed by atoms with E-state index in [1.165, 1.54) is 41.2 Å². The Balaban J connectivity index is 1.13. The lowest BCUT2D eigenvalue weighted by molar-refractivity contribution is -0.190. The van der Waals surface area contributed by atoms with Crippen molar-refractivity contribution in [3.8, 4) is 11.7 Å². The van der Waals surface area contributed by atoms with Crippen LogP contribution >= 0.6 is 11.6 Å². The second-order valence-corrected chi connectivity index (χ2v) is 15.0. The van der Waals surface area contributed by atoms with Gasteiger partial charge in [0.25, 0.3) is 15.9 Å². The molecule has 2 amide bonds. The van der Waals surface area contributed by atoms with E-state index in [4.69, 9.17) is 16.3 Å². The Morgan fingerprint density at radius 2 is 1.90 bits per heavy atom. The molecule has 0 spiro atoms. The third-order valence-corrected chi connectivity index (χ3v) is 10.8. The number of nitrogens with one attached hydrogen (secondary N) is 2. The standard InChI is InChI=1S/C32H39ClF3N7O6S/c1-3-12-30(2)19-21(20-42(30)29(45)46)6-5-16-37-23-7-4-8-26(38-23)50(47,48)41-28(44)22-9-10-24(39-27(22)33)43-17-11-25(40-43)49-18-15-31(13-14-31)32(34,35)36/h4,7-11,17,21H,3,5-6,12-16,18-20H2,1-2H3,(H,37,38)(H,41,44)(H,45,46). The van der Waals surface area contributed by atoms with Gasteiger partial charge in [-0.05, 0) is 82.1 Å². The van der Waals surface area contributed by atoms with Crippen LogP contribution in [0.4, 0.5) is 23.8 Å². The quantitative estimate of drug-likeness (QED) is 0.119. The number of nitrogens with zero attached hydrogens (tertiary/aromatic N) is 5. The van der Waals surface area contributed by atoms with E-state index in [1.807, 2.05) is 18.6 Å². The first-order chi connectivity index (χ1) is 23.6. The molecule has 50 heavy (non-hydrogen) atoms. The zero-order valence-corrected chi connectivity index (χ0v) is 29.1. The van der Waals surface area contributed by atoms with Crippen LogP contribution in [0.3, 0.4) is 0 Å². The van der Waals surface area contributed by atoms with E-state index in [0.717, 1.165) is 25.7 Å². The van der Waals surface area contributed by atoms with Crippen molar-refractivity contribution in [3.63, 3.8) is 0 Å². The van der Waals surface area contributed by atoms with Crippen LogP contribution in [0, 0.1) is 11.3 Å². The second kappa shape index (κ2) is 14.6. The molecule has 3 aromatic rings. The van der Waals surface area contributed by atoms with Crippen molar-refractivity contribution in [2.45, 2.75) is 82.0 Å². The highest BCUT2D eigenvalue weighted by molar-refractivity contribution is 7.90. The number of alkyl halides is 3. The smallest absolute Gasteiger partial charge is 0.407 e. The molecule has 0 aromatic carbocycles. The van der Waals surface area contributed by atoms with Gasteiger partial charge in [0.05, 0.1) is 17.6 Å². The average Bonchev–Trinajstić information content (AvgIpc) is 3.57. The van der Waals surface area contributed by atoms with Crippen molar-refractivity contribution in [1.82, 2.24) is 29.4 Å². The summed E-state index contributed by atoms with van der Waals surface area (Å²) in [5.74, 6) is -0.303. The molecule has 3 N–H and O–H groups in total. The van der Waals surface area contributed by atoms with Gasteiger partial charge in [-0.1, -0.05) is 31.0 Å². The fourth-order valence-electron chi connectivity index (χ4n) is 6.46. The lowest BCUT2D eigenvalue weighted by Gasteiger charge is -2.32. The Hall–Kier alpha value is -4.12. The first-order valence-electron chi connectivity index (χ1n) is 16.3. The number of aromatic nitrogens is 4. The summed E-state index contributed by atoms with van der Waals surface area (Å²) < 4.78 is 74.1. The molecule has 4 heterocycles. The molecular formula is C32H39ClF3N7O6S. The molecule has 1 aliphatic carbocycles. The predicted molar refractivity (Wildman–Crippen MR) is 177 cm³/mol. The molecule has 3 aromatic heterocycles. The van der Waals surface area contributed by atoms with Gasteiger partial charge in [0, 0.05) is 30.9 Å². The molecule has 2 atom stereocenters. The molecule has 2 unspecified atom stereocenters. The van der Waals surface area contributed by atoms with Gasteiger partial charge in [0.1, 0.15) is 11.0 Å². The van der Waals surface area contributed by atoms with Gasteiger partial charge in [0.15, 0.2) is 10.8 Å². The minimum absolute atomic E-state index is 0.0777. The molecular weight excluding hydrogens is 703 g/mol. The number of carbonyl (C=O) groups is 2. The Morgan fingerprint density at radius 1 is 1.14 bits per heavy atom. The van der Waals surface area contributed by atoms with Crippen molar-refractivity contribution in [3.05, 3.63) is 53.3 Å². The minimum atomic E-state index is -4.41. The topological polar surface area (TPSA) is 169 Å².